The third-order valence-electron chi connectivity index (χ3n) is 6.20. The second-order valence-corrected chi connectivity index (χ2v) is 8.62. The monoisotopic (exact) mass is 478 g/mol. The van der Waals surface area contributed by atoms with Crippen LogP contribution < -0.4 is 16.2 Å². The SMILES string of the molecule is NCc1cccc(-c2cc(-c3ccccc3N)c3occ(COc4ccccc4CC(=O)O)c3c2)c1. The van der Waals surface area contributed by atoms with Gasteiger partial charge in [-0.25, -0.2) is 0 Å². The number of nitrogens with two attached hydrogens (primary N) is 2. The molecule has 0 aliphatic heterocycles. The van der Waals surface area contributed by atoms with Gasteiger partial charge in [0.15, 0.2) is 0 Å². The molecule has 5 rings (SSSR count). The van der Waals surface area contributed by atoms with E-state index in [1.54, 1.807) is 24.5 Å². The third-order valence-corrected chi connectivity index (χ3v) is 6.20. The number of benzene rings is 4. The highest BCUT2D eigenvalue weighted by Crippen LogP contribution is 2.39. The molecule has 1 aromatic heterocycles. The Labute approximate surface area is 208 Å². The molecule has 0 amide bonds. The number of rotatable bonds is 8. The van der Waals surface area contributed by atoms with Crippen LogP contribution in [0.5, 0.6) is 5.75 Å². The van der Waals surface area contributed by atoms with Crippen molar-refractivity contribution < 1.29 is 19.1 Å². The molecule has 0 aliphatic rings. The number of ether oxygens (including phenoxy) is 1. The number of hydrogen-bond donors (Lipinski definition) is 3. The van der Waals surface area contributed by atoms with Crippen molar-refractivity contribution in [1.29, 1.82) is 0 Å². The first-order valence-electron chi connectivity index (χ1n) is 11.6. The molecule has 0 atom stereocenters. The standard InChI is InChI=1S/C30H26N2O4/c31-16-19-6-5-8-20(12-19)22-13-25-23(17-35-28-11-4-1-7-21(28)15-29(33)34)18-36-30(25)26(14-22)24-9-2-3-10-27(24)32/h1-14,18H,15-17,31-32H2,(H,33,34). The summed E-state index contributed by atoms with van der Waals surface area (Å²) in [6.45, 7) is 0.675. The smallest absolute Gasteiger partial charge is 0.307 e. The number of carboxylic acid groups (broad SMARTS) is 1. The number of para-hydroxylation sites is 2. The van der Waals surface area contributed by atoms with E-state index in [0.29, 0.717) is 29.1 Å². The molecule has 6 nitrogen and oxygen atoms in total. The summed E-state index contributed by atoms with van der Waals surface area (Å²) in [5.74, 6) is -0.372. The highest BCUT2D eigenvalue weighted by atomic mass is 16.5. The minimum absolute atomic E-state index is 0.110. The molecule has 0 saturated heterocycles. The minimum Gasteiger partial charge on any atom is -0.488 e. The highest BCUT2D eigenvalue weighted by molar-refractivity contribution is 6.00. The molecule has 6 heteroatoms. The van der Waals surface area contributed by atoms with Crippen LogP contribution in [0, 0.1) is 0 Å². The molecule has 180 valence electrons. The summed E-state index contributed by atoms with van der Waals surface area (Å²) in [5, 5.41) is 10.1. The number of anilines is 1. The van der Waals surface area contributed by atoms with Crippen LogP contribution in [0.3, 0.4) is 0 Å². The fourth-order valence-electron chi connectivity index (χ4n) is 4.40. The van der Waals surface area contributed by atoms with E-state index in [4.69, 9.17) is 20.6 Å². The van der Waals surface area contributed by atoms with Gasteiger partial charge in [0, 0.05) is 39.9 Å². The molecule has 5 N–H and O–H groups in total. The lowest BCUT2D eigenvalue weighted by molar-refractivity contribution is -0.136. The van der Waals surface area contributed by atoms with E-state index in [2.05, 4.69) is 24.3 Å². The molecule has 0 fully saturated rings. The van der Waals surface area contributed by atoms with Crippen LogP contribution in [0.15, 0.2) is 95.6 Å². The molecule has 4 aromatic carbocycles. The van der Waals surface area contributed by atoms with Gasteiger partial charge in [-0.2, -0.15) is 0 Å². The van der Waals surface area contributed by atoms with Gasteiger partial charge in [-0.1, -0.05) is 54.6 Å². The fraction of sp³-hybridized carbons (Fsp3) is 0.100. The summed E-state index contributed by atoms with van der Waals surface area (Å²) in [5.41, 5.74) is 19.9. The van der Waals surface area contributed by atoms with Gasteiger partial charge in [0.2, 0.25) is 0 Å². The van der Waals surface area contributed by atoms with Gasteiger partial charge in [-0.05, 0) is 47.0 Å². The van der Waals surface area contributed by atoms with E-state index >= 15 is 0 Å². The van der Waals surface area contributed by atoms with Crippen molar-refractivity contribution in [2.45, 2.75) is 19.6 Å². The normalized spacial score (nSPS) is 11.0. The van der Waals surface area contributed by atoms with Gasteiger partial charge < -0.3 is 25.7 Å². The van der Waals surface area contributed by atoms with Crippen molar-refractivity contribution >= 4 is 22.6 Å². The molecule has 1 heterocycles. The number of furan rings is 1. The summed E-state index contributed by atoms with van der Waals surface area (Å²) in [4.78, 5) is 11.3. The lowest BCUT2D eigenvalue weighted by atomic mass is 9.94. The van der Waals surface area contributed by atoms with Crippen LogP contribution in [-0.4, -0.2) is 11.1 Å². The van der Waals surface area contributed by atoms with Gasteiger partial charge in [-0.15, -0.1) is 0 Å². The predicted molar refractivity (Wildman–Crippen MR) is 142 cm³/mol. The first-order valence-corrected chi connectivity index (χ1v) is 11.6. The van der Waals surface area contributed by atoms with E-state index in [9.17, 15) is 9.90 Å². The quantitative estimate of drug-likeness (QED) is 0.235. The molecule has 36 heavy (non-hydrogen) atoms. The van der Waals surface area contributed by atoms with Crippen molar-refractivity contribution in [3.05, 3.63) is 108 Å². The number of fused-ring (bicyclic) bond motifs is 1. The molecule has 0 spiro atoms. The summed E-state index contributed by atoms with van der Waals surface area (Å²) in [6, 6.07) is 27.2. The van der Waals surface area contributed by atoms with Crippen LogP contribution in [0.25, 0.3) is 33.2 Å². The third kappa shape index (κ3) is 4.67. The Morgan fingerprint density at radius 1 is 0.861 bits per heavy atom. The summed E-state index contributed by atoms with van der Waals surface area (Å²) >= 11 is 0. The molecule has 0 aliphatic carbocycles. The number of carboxylic acids is 1. The molecule has 0 bridgehead atoms. The highest BCUT2D eigenvalue weighted by Gasteiger charge is 2.17. The van der Waals surface area contributed by atoms with E-state index in [1.165, 1.54) is 0 Å². The van der Waals surface area contributed by atoms with Gasteiger partial charge >= 0.3 is 5.97 Å². The first kappa shape index (κ1) is 23.2. The van der Waals surface area contributed by atoms with Crippen LogP contribution in [0.1, 0.15) is 16.7 Å². The van der Waals surface area contributed by atoms with Gasteiger partial charge in [0.25, 0.3) is 0 Å². The van der Waals surface area contributed by atoms with Crippen molar-refractivity contribution in [2.75, 3.05) is 5.73 Å². The van der Waals surface area contributed by atoms with Crippen molar-refractivity contribution in [3.8, 4) is 28.0 Å². The summed E-state index contributed by atoms with van der Waals surface area (Å²) in [7, 11) is 0. The van der Waals surface area contributed by atoms with Crippen LogP contribution >= 0.6 is 0 Å². The van der Waals surface area contributed by atoms with Crippen LogP contribution in [0.4, 0.5) is 5.69 Å². The van der Waals surface area contributed by atoms with Gasteiger partial charge in [0.1, 0.15) is 17.9 Å². The minimum atomic E-state index is -0.908. The molecular weight excluding hydrogens is 452 g/mol. The topological polar surface area (TPSA) is 112 Å². The Hall–Kier alpha value is -4.55. The molecule has 5 aromatic rings. The zero-order valence-electron chi connectivity index (χ0n) is 19.6. The van der Waals surface area contributed by atoms with Gasteiger partial charge in [0.05, 0.1) is 12.7 Å². The maximum Gasteiger partial charge on any atom is 0.307 e. The number of nitrogen functional groups attached to an aromatic ring is 1. The fourth-order valence-corrected chi connectivity index (χ4v) is 4.40. The Kier molecular flexibility index (Phi) is 6.43. The van der Waals surface area contributed by atoms with E-state index in [1.807, 2.05) is 42.5 Å². The lowest BCUT2D eigenvalue weighted by Gasteiger charge is -2.12. The van der Waals surface area contributed by atoms with E-state index in [0.717, 1.165) is 38.8 Å². The average Bonchev–Trinajstić information content (AvgIpc) is 3.31. The zero-order valence-corrected chi connectivity index (χ0v) is 19.6. The Bertz CT molecular complexity index is 1550. The number of carbonyl (C=O) groups is 1. The summed E-state index contributed by atoms with van der Waals surface area (Å²) in [6.07, 6.45) is 1.58. The lowest BCUT2D eigenvalue weighted by Crippen LogP contribution is -2.04. The van der Waals surface area contributed by atoms with E-state index < -0.39 is 5.97 Å². The maximum absolute atomic E-state index is 11.3. The Balaban J connectivity index is 1.60. The molecule has 0 radical (unpaired) electrons. The van der Waals surface area contributed by atoms with Crippen LogP contribution in [-0.2, 0) is 24.4 Å². The van der Waals surface area contributed by atoms with Crippen molar-refractivity contribution in [3.63, 3.8) is 0 Å². The number of aliphatic carboxylic acids is 1. The maximum atomic E-state index is 11.3. The largest absolute Gasteiger partial charge is 0.488 e. The summed E-state index contributed by atoms with van der Waals surface area (Å²) < 4.78 is 12.1. The van der Waals surface area contributed by atoms with Crippen LogP contribution in [0.2, 0.25) is 0 Å². The molecule has 0 saturated carbocycles. The Morgan fingerprint density at radius 3 is 2.47 bits per heavy atom. The predicted octanol–water partition coefficient (Wildman–Crippen LogP) is 6.01. The zero-order chi connectivity index (χ0) is 25.1. The second kappa shape index (κ2) is 9.98. The first-order chi connectivity index (χ1) is 17.5. The molecule has 0 unspecified atom stereocenters. The average molecular weight is 479 g/mol. The molecular formula is C30H26N2O4. The second-order valence-electron chi connectivity index (χ2n) is 8.62. The van der Waals surface area contributed by atoms with E-state index in [-0.39, 0.29) is 13.0 Å². The van der Waals surface area contributed by atoms with Crippen molar-refractivity contribution in [1.82, 2.24) is 0 Å². The van der Waals surface area contributed by atoms with Crippen molar-refractivity contribution in [2.24, 2.45) is 5.73 Å². The number of hydrogen-bond acceptors (Lipinski definition) is 5. The van der Waals surface area contributed by atoms with Gasteiger partial charge in [-0.3, -0.25) is 4.79 Å². The Morgan fingerprint density at radius 2 is 1.67 bits per heavy atom.